The summed E-state index contributed by atoms with van der Waals surface area (Å²) in [5, 5.41) is 20.6. The average Bonchev–Trinajstić information content (AvgIpc) is 2.89. The second-order valence-electron chi connectivity index (χ2n) is 8.90. The quantitative estimate of drug-likeness (QED) is 0.280. The molecule has 3 rings (SSSR count). The van der Waals surface area contributed by atoms with Crippen LogP contribution < -0.4 is 10.9 Å². The van der Waals surface area contributed by atoms with E-state index in [9.17, 15) is 24.7 Å². The molecule has 3 heterocycles. The van der Waals surface area contributed by atoms with Gasteiger partial charge >= 0.3 is 6.03 Å². The van der Waals surface area contributed by atoms with E-state index in [-0.39, 0.29) is 11.9 Å². The summed E-state index contributed by atoms with van der Waals surface area (Å²) in [6, 6.07) is -1.59. The molecule has 11 nitrogen and oxygen atoms in total. The highest BCUT2D eigenvalue weighted by Crippen LogP contribution is 2.28. The number of carbonyl (C=O) groups excluding carboxylic acids is 3. The first-order chi connectivity index (χ1) is 13.6. The van der Waals surface area contributed by atoms with Crippen LogP contribution in [0.3, 0.4) is 0 Å². The number of ether oxygens (including phenoxy) is 1. The van der Waals surface area contributed by atoms with Crippen molar-refractivity contribution in [3.8, 4) is 0 Å². The highest BCUT2D eigenvalue weighted by Gasteiger charge is 2.46. The molecule has 0 radical (unpaired) electrons. The summed E-state index contributed by atoms with van der Waals surface area (Å²) in [5.41, 5.74) is 4.33. The standard InChI is InChI=1S/C18H31N5O6/c1-18(2,3)29-17(27)21-8-4-5-11(9-21)14(24)19-20-15(25)13-7-6-12-10-22(13)16(26)23(12)28/h11-13,17,27-28H,4-10H2,1-3H3,(H,19,24)(H,20,25). The lowest BCUT2D eigenvalue weighted by Crippen LogP contribution is -2.56. The normalized spacial score (nSPS) is 29.0. The van der Waals surface area contributed by atoms with Crippen molar-refractivity contribution in [1.29, 1.82) is 0 Å². The number of amides is 4. The number of hydrogen-bond donors (Lipinski definition) is 4. The molecule has 4 amide bonds. The first-order valence-electron chi connectivity index (χ1n) is 10.0. The Labute approximate surface area is 169 Å². The Kier molecular flexibility index (Phi) is 6.32. The van der Waals surface area contributed by atoms with Gasteiger partial charge in [-0.05, 0) is 46.5 Å². The van der Waals surface area contributed by atoms with Crippen LogP contribution >= 0.6 is 0 Å². The molecule has 0 aromatic rings. The molecule has 0 saturated carbocycles. The third kappa shape index (κ3) is 4.97. The Bertz CT molecular complexity index is 653. The molecule has 4 atom stereocenters. The molecule has 29 heavy (non-hydrogen) atoms. The van der Waals surface area contributed by atoms with Crippen LogP contribution in [0.5, 0.6) is 0 Å². The van der Waals surface area contributed by atoms with Gasteiger partial charge in [-0.1, -0.05) is 0 Å². The molecule has 3 saturated heterocycles. The number of carbonyl (C=O) groups is 3. The average molecular weight is 413 g/mol. The molecule has 4 N–H and O–H groups in total. The van der Waals surface area contributed by atoms with Crippen molar-refractivity contribution in [3.63, 3.8) is 0 Å². The molecule has 0 aromatic carbocycles. The molecule has 11 heteroatoms. The minimum absolute atomic E-state index is 0.281. The Morgan fingerprint density at radius 2 is 1.83 bits per heavy atom. The van der Waals surface area contributed by atoms with Crippen LogP contribution in [0, 0.1) is 5.92 Å². The summed E-state index contributed by atoms with van der Waals surface area (Å²) in [6.07, 6.45) is 1.19. The number of rotatable bonds is 4. The van der Waals surface area contributed by atoms with Gasteiger partial charge in [-0.25, -0.2) is 9.86 Å². The maximum atomic E-state index is 12.5. The number of aliphatic hydroxyl groups excluding tert-OH is 1. The second kappa shape index (κ2) is 8.42. The van der Waals surface area contributed by atoms with Crippen molar-refractivity contribution in [2.24, 2.45) is 5.92 Å². The van der Waals surface area contributed by atoms with Crippen molar-refractivity contribution in [2.45, 2.75) is 70.6 Å². The maximum Gasteiger partial charge on any atom is 0.344 e. The number of hydroxylamine groups is 2. The molecule has 4 unspecified atom stereocenters. The van der Waals surface area contributed by atoms with Gasteiger partial charge in [0.2, 0.25) is 12.3 Å². The monoisotopic (exact) mass is 413 g/mol. The van der Waals surface area contributed by atoms with Crippen molar-refractivity contribution in [1.82, 2.24) is 25.7 Å². The van der Waals surface area contributed by atoms with Gasteiger partial charge in [-0.2, -0.15) is 0 Å². The van der Waals surface area contributed by atoms with Gasteiger partial charge in [-0.3, -0.25) is 30.5 Å². The molecule has 3 aliphatic rings. The first kappa shape index (κ1) is 21.8. The lowest BCUT2D eigenvalue weighted by atomic mass is 9.97. The molecule has 164 valence electrons. The number of aliphatic hydroxyl groups is 1. The van der Waals surface area contributed by atoms with Gasteiger partial charge in [0.25, 0.3) is 5.91 Å². The van der Waals surface area contributed by atoms with Gasteiger partial charge in [0.1, 0.15) is 6.04 Å². The Morgan fingerprint density at radius 1 is 1.14 bits per heavy atom. The van der Waals surface area contributed by atoms with Crippen LogP contribution in [-0.2, 0) is 14.3 Å². The fraction of sp³-hybridized carbons (Fsp3) is 0.833. The zero-order chi connectivity index (χ0) is 21.3. The molecule has 2 bridgehead atoms. The van der Waals surface area contributed by atoms with Gasteiger partial charge < -0.3 is 14.7 Å². The largest absolute Gasteiger partial charge is 0.356 e. The molecule has 0 aliphatic carbocycles. The molecular weight excluding hydrogens is 382 g/mol. The van der Waals surface area contributed by atoms with Crippen LogP contribution in [0.15, 0.2) is 0 Å². The topological polar surface area (TPSA) is 135 Å². The fourth-order valence-corrected chi connectivity index (χ4v) is 4.04. The summed E-state index contributed by atoms with van der Waals surface area (Å²) < 4.78 is 5.55. The predicted octanol–water partition coefficient (Wildman–Crippen LogP) is -0.405. The number of hydrogen-bond acceptors (Lipinski definition) is 7. The smallest absolute Gasteiger partial charge is 0.344 e. The van der Waals surface area contributed by atoms with E-state index in [4.69, 9.17) is 4.74 Å². The summed E-state index contributed by atoms with van der Waals surface area (Å²) in [7, 11) is 0. The lowest BCUT2D eigenvalue weighted by molar-refractivity contribution is -0.244. The van der Waals surface area contributed by atoms with E-state index in [0.29, 0.717) is 44.0 Å². The number of urea groups is 1. The number of nitrogens with zero attached hydrogens (tertiary/aromatic N) is 3. The highest BCUT2D eigenvalue weighted by atomic mass is 16.6. The van der Waals surface area contributed by atoms with Crippen molar-refractivity contribution < 1.29 is 29.4 Å². The number of likely N-dealkylation sites (tertiary alicyclic amines) is 1. The Balaban J connectivity index is 1.49. The fourth-order valence-electron chi connectivity index (χ4n) is 4.04. The third-order valence-electron chi connectivity index (χ3n) is 5.55. The Morgan fingerprint density at radius 3 is 2.52 bits per heavy atom. The highest BCUT2D eigenvalue weighted by molar-refractivity contribution is 5.90. The maximum absolute atomic E-state index is 12.5. The van der Waals surface area contributed by atoms with E-state index in [1.807, 2.05) is 20.8 Å². The first-order valence-corrected chi connectivity index (χ1v) is 10.0. The molecule has 3 aliphatic heterocycles. The lowest BCUT2D eigenvalue weighted by Gasteiger charge is -2.37. The van der Waals surface area contributed by atoms with Gasteiger partial charge in [-0.15, -0.1) is 0 Å². The number of hydrazine groups is 1. The molecule has 0 aromatic heterocycles. The van der Waals surface area contributed by atoms with Crippen molar-refractivity contribution in [2.75, 3.05) is 19.6 Å². The molecular formula is C18H31N5O6. The van der Waals surface area contributed by atoms with Crippen LogP contribution in [0.1, 0.15) is 46.5 Å². The van der Waals surface area contributed by atoms with Crippen LogP contribution in [0.2, 0.25) is 0 Å². The number of nitrogens with one attached hydrogen (secondary N) is 2. The number of fused-ring (bicyclic) bond motifs is 2. The second-order valence-corrected chi connectivity index (χ2v) is 8.90. The summed E-state index contributed by atoms with van der Waals surface area (Å²) in [4.78, 5) is 40.0. The third-order valence-corrected chi connectivity index (χ3v) is 5.55. The number of piperidine rings is 2. The zero-order valence-corrected chi connectivity index (χ0v) is 17.1. The summed E-state index contributed by atoms with van der Waals surface area (Å²) in [6.45, 7) is 6.75. The van der Waals surface area contributed by atoms with Crippen molar-refractivity contribution in [3.05, 3.63) is 0 Å². The van der Waals surface area contributed by atoms with Gasteiger partial charge in [0.15, 0.2) is 0 Å². The molecule has 0 spiro atoms. The van der Waals surface area contributed by atoms with E-state index in [1.165, 1.54) is 4.90 Å². The van der Waals surface area contributed by atoms with E-state index in [0.717, 1.165) is 6.42 Å². The minimum atomic E-state index is -1.10. The van der Waals surface area contributed by atoms with Gasteiger partial charge in [0, 0.05) is 19.6 Å². The summed E-state index contributed by atoms with van der Waals surface area (Å²) >= 11 is 0. The summed E-state index contributed by atoms with van der Waals surface area (Å²) in [5.74, 6) is -1.24. The van der Waals surface area contributed by atoms with Crippen LogP contribution in [0.25, 0.3) is 0 Å². The van der Waals surface area contributed by atoms with Gasteiger partial charge in [0.05, 0.1) is 17.6 Å². The van der Waals surface area contributed by atoms with E-state index >= 15 is 0 Å². The van der Waals surface area contributed by atoms with Crippen molar-refractivity contribution >= 4 is 17.8 Å². The predicted molar refractivity (Wildman–Crippen MR) is 100.0 cm³/mol. The van der Waals surface area contributed by atoms with E-state index in [2.05, 4.69) is 10.9 Å². The zero-order valence-electron chi connectivity index (χ0n) is 17.1. The molecule has 3 fully saturated rings. The van der Waals surface area contributed by atoms with Crippen LogP contribution in [-0.4, -0.2) is 86.8 Å². The Hall–Kier alpha value is -1.95. The van der Waals surface area contributed by atoms with E-state index in [1.54, 1.807) is 4.90 Å². The van der Waals surface area contributed by atoms with E-state index < -0.39 is 35.9 Å². The van der Waals surface area contributed by atoms with Crippen LogP contribution in [0.4, 0.5) is 4.79 Å². The minimum Gasteiger partial charge on any atom is -0.356 e. The SMILES string of the molecule is CC(C)(C)OC(O)N1CCCC(C(=O)NNC(=O)C2CCC3CN2C(=O)N3O)C1.